The van der Waals surface area contributed by atoms with E-state index in [1.165, 1.54) is 7.11 Å². The molecule has 2 heterocycles. The quantitative estimate of drug-likeness (QED) is 0.362. The van der Waals surface area contributed by atoms with E-state index < -0.39 is 16.4 Å². The molecule has 0 aromatic carbocycles. The molecular weight excluding hydrogens is 300 g/mol. The maximum Gasteiger partial charge on any atom is 0.331 e. The Morgan fingerprint density at radius 1 is 1.67 bits per heavy atom. The zero-order valence-electron chi connectivity index (χ0n) is 11.7. The summed E-state index contributed by atoms with van der Waals surface area (Å²) in [6.45, 7) is 2.31. The fourth-order valence-corrected chi connectivity index (χ4v) is 2.90. The summed E-state index contributed by atoms with van der Waals surface area (Å²) in [7, 11) is 1.30. The number of esters is 1. The standard InChI is InChI=1S/C12H15ClN4O4/c1-3-12(10(18)21-2)5-4-6-16(12)9-8(17(19)20)7-14-11(13)15-9/h7H,3-6H2,1-2H3. The predicted octanol–water partition coefficient (Wildman–Crippen LogP) is 1.96. The molecule has 0 spiro atoms. The number of carbonyl (C=O) groups is 1. The molecule has 1 fully saturated rings. The number of halogens is 1. The summed E-state index contributed by atoms with van der Waals surface area (Å²) in [5, 5.41) is 11.1. The van der Waals surface area contributed by atoms with Gasteiger partial charge in [-0.15, -0.1) is 0 Å². The van der Waals surface area contributed by atoms with Crippen molar-refractivity contribution in [3.8, 4) is 0 Å². The lowest BCUT2D eigenvalue weighted by Gasteiger charge is -2.35. The topological polar surface area (TPSA) is 98.5 Å². The summed E-state index contributed by atoms with van der Waals surface area (Å²) in [6.07, 6.45) is 2.77. The molecule has 0 saturated carbocycles. The molecule has 1 aliphatic rings. The van der Waals surface area contributed by atoms with Crippen LogP contribution in [0, 0.1) is 10.1 Å². The molecule has 114 valence electrons. The van der Waals surface area contributed by atoms with Crippen LogP contribution in [-0.4, -0.2) is 40.1 Å². The van der Waals surface area contributed by atoms with E-state index in [-0.39, 0.29) is 16.8 Å². The number of methoxy groups -OCH3 is 1. The van der Waals surface area contributed by atoms with Crippen molar-refractivity contribution in [3.63, 3.8) is 0 Å². The van der Waals surface area contributed by atoms with Gasteiger partial charge in [0.2, 0.25) is 11.1 Å². The highest BCUT2D eigenvalue weighted by molar-refractivity contribution is 6.28. The molecule has 0 amide bonds. The molecule has 1 aliphatic heterocycles. The van der Waals surface area contributed by atoms with Crippen molar-refractivity contribution in [2.45, 2.75) is 31.7 Å². The third kappa shape index (κ3) is 2.51. The molecule has 1 aromatic rings. The first-order valence-electron chi connectivity index (χ1n) is 6.49. The van der Waals surface area contributed by atoms with Crippen molar-refractivity contribution >= 4 is 29.1 Å². The lowest BCUT2D eigenvalue weighted by atomic mass is 9.93. The van der Waals surface area contributed by atoms with E-state index in [1.807, 2.05) is 6.92 Å². The molecule has 1 aromatic heterocycles. The Kier molecular flexibility index (Phi) is 4.26. The van der Waals surface area contributed by atoms with Crippen LogP contribution in [0.2, 0.25) is 5.28 Å². The molecule has 0 aliphatic carbocycles. The Bertz CT molecular complexity index is 582. The molecular formula is C12H15ClN4O4. The largest absolute Gasteiger partial charge is 0.467 e. The highest BCUT2D eigenvalue weighted by Crippen LogP contribution is 2.40. The number of nitrogens with zero attached hydrogens (tertiary/aromatic N) is 4. The summed E-state index contributed by atoms with van der Waals surface area (Å²) in [6, 6.07) is 0. The second-order valence-corrected chi connectivity index (χ2v) is 5.07. The van der Waals surface area contributed by atoms with Crippen molar-refractivity contribution in [1.82, 2.24) is 9.97 Å². The zero-order valence-corrected chi connectivity index (χ0v) is 12.5. The van der Waals surface area contributed by atoms with E-state index in [1.54, 1.807) is 4.90 Å². The van der Waals surface area contributed by atoms with Crippen molar-refractivity contribution < 1.29 is 14.5 Å². The summed E-state index contributed by atoms with van der Waals surface area (Å²) in [5.74, 6) is -0.365. The first-order valence-corrected chi connectivity index (χ1v) is 6.87. The van der Waals surface area contributed by atoms with Crippen molar-refractivity contribution in [2.75, 3.05) is 18.6 Å². The minimum Gasteiger partial charge on any atom is -0.467 e. The smallest absolute Gasteiger partial charge is 0.331 e. The van der Waals surface area contributed by atoms with E-state index in [9.17, 15) is 14.9 Å². The Hall–Kier alpha value is -1.96. The third-order valence-electron chi connectivity index (χ3n) is 3.81. The normalized spacial score (nSPS) is 21.4. The maximum absolute atomic E-state index is 12.2. The van der Waals surface area contributed by atoms with Crippen LogP contribution < -0.4 is 4.90 Å². The number of hydrogen-bond acceptors (Lipinski definition) is 7. The van der Waals surface area contributed by atoms with Crippen LogP contribution in [0.4, 0.5) is 11.5 Å². The van der Waals surface area contributed by atoms with Crippen molar-refractivity contribution in [3.05, 3.63) is 21.6 Å². The Morgan fingerprint density at radius 2 is 2.38 bits per heavy atom. The molecule has 8 nitrogen and oxygen atoms in total. The minimum absolute atomic E-state index is 0.0600. The molecule has 1 atom stereocenters. The van der Waals surface area contributed by atoms with Crippen LogP contribution in [0.15, 0.2) is 6.20 Å². The zero-order chi connectivity index (χ0) is 15.6. The summed E-state index contributed by atoms with van der Waals surface area (Å²) in [4.78, 5) is 32.0. The molecule has 1 saturated heterocycles. The fourth-order valence-electron chi connectivity index (χ4n) is 2.77. The average molecular weight is 315 g/mol. The molecule has 2 rings (SSSR count). The van der Waals surface area contributed by atoms with Gasteiger partial charge in [-0.3, -0.25) is 10.1 Å². The first kappa shape index (κ1) is 15.4. The monoisotopic (exact) mass is 314 g/mol. The van der Waals surface area contributed by atoms with Crippen LogP contribution >= 0.6 is 11.6 Å². The van der Waals surface area contributed by atoms with Crippen molar-refractivity contribution in [2.24, 2.45) is 0 Å². The number of ether oxygens (including phenoxy) is 1. The van der Waals surface area contributed by atoms with Gasteiger partial charge in [-0.25, -0.2) is 9.78 Å². The molecule has 9 heteroatoms. The fraction of sp³-hybridized carbons (Fsp3) is 0.583. The van der Waals surface area contributed by atoms with Crippen LogP contribution in [0.25, 0.3) is 0 Å². The second-order valence-electron chi connectivity index (χ2n) is 4.74. The minimum atomic E-state index is -0.947. The van der Waals surface area contributed by atoms with Crippen LogP contribution in [-0.2, 0) is 9.53 Å². The summed E-state index contributed by atoms with van der Waals surface area (Å²) >= 11 is 5.76. The second kappa shape index (κ2) is 5.80. The summed E-state index contributed by atoms with van der Waals surface area (Å²) in [5.41, 5.74) is -1.22. The van der Waals surface area contributed by atoms with Crippen LogP contribution in [0.1, 0.15) is 26.2 Å². The van der Waals surface area contributed by atoms with E-state index in [0.717, 1.165) is 6.20 Å². The van der Waals surface area contributed by atoms with Gasteiger partial charge in [0.05, 0.1) is 12.0 Å². The highest BCUT2D eigenvalue weighted by atomic mass is 35.5. The van der Waals surface area contributed by atoms with Gasteiger partial charge in [0.15, 0.2) is 0 Å². The lowest BCUT2D eigenvalue weighted by molar-refractivity contribution is -0.384. The van der Waals surface area contributed by atoms with Crippen molar-refractivity contribution in [1.29, 1.82) is 0 Å². The average Bonchev–Trinajstić information content (AvgIpc) is 2.90. The van der Waals surface area contributed by atoms with Gasteiger partial charge in [0.25, 0.3) is 0 Å². The Labute approximate surface area is 126 Å². The predicted molar refractivity (Wildman–Crippen MR) is 75.3 cm³/mol. The molecule has 21 heavy (non-hydrogen) atoms. The van der Waals surface area contributed by atoms with Gasteiger partial charge in [0, 0.05) is 6.54 Å². The molecule has 0 N–H and O–H groups in total. The van der Waals surface area contributed by atoms with Gasteiger partial charge < -0.3 is 9.64 Å². The molecule has 0 bridgehead atoms. The highest BCUT2D eigenvalue weighted by Gasteiger charge is 2.49. The van der Waals surface area contributed by atoms with E-state index in [2.05, 4.69) is 9.97 Å². The Morgan fingerprint density at radius 3 is 2.95 bits per heavy atom. The summed E-state index contributed by atoms with van der Waals surface area (Å²) < 4.78 is 4.88. The number of carbonyl (C=O) groups excluding carboxylic acids is 1. The SMILES string of the molecule is CCC1(C(=O)OC)CCCN1c1nc(Cl)ncc1[N+](=O)[O-]. The number of anilines is 1. The molecule has 0 radical (unpaired) electrons. The number of aromatic nitrogens is 2. The van der Waals surface area contributed by atoms with Gasteiger partial charge >= 0.3 is 11.7 Å². The molecule has 1 unspecified atom stereocenters. The van der Waals surface area contributed by atoms with Gasteiger partial charge in [-0.05, 0) is 30.9 Å². The lowest BCUT2D eigenvalue weighted by Crippen LogP contribution is -2.51. The maximum atomic E-state index is 12.2. The number of nitro groups is 1. The first-order chi connectivity index (χ1) is 9.96. The Balaban J connectivity index is 2.56. The van der Waals surface area contributed by atoms with Crippen LogP contribution in [0.5, 0.6) is 0 Å². The number of hydrogen-bond donors (Lipinski definition) is 0. The third-order valence-corrected chi connectivity index (χ3v) is 3.99. The van der Waals surface area contributed by atoms with Gasteiger partial charge in [-0.2, -0.15) is 4.98 Å². The van der Waals surface area contributed by atoms with Crippen LogP contribution in [0.3, 0.4) is 0 Å². The van der Waals surface area contributed by atoms with Gasteiger partial charge in [-0.1, -0.05) is 6.92 Å². The van der Waals surface area contributed by atoms with E-state index in [4.69, 9.17) is 16.3 Å². The van der Waals surface area contributed by atoms with E-state index in [0.29, 0.717) is 25.8 Å². The van der Waals surface area contributed by atoms with E-state index >= 15 is 0 Å². The number of rotatable bonds is 4. The van der Waals surface area contributed by atoms with Gasteiger partial charge in [0.1, 0.15) is 11.7 Å².